The molecule has 1 saturated heterocycles. The van der Waals surface area contributed by atoms with Gasteiger partial charge in [0.1, 0.15) is 0 Å². The predicted octanol–water partition coefficient (Wildman–Crippen LogP) is 4.28. The molecule has 0 N–H and O–H groups in total. The molecule has 3 rings (SSSR count). The van der Waals surface area contributed by atoms with Crippen molar-refractivity contribution in [2.24, 2.45) is 0 Å². The summed E-state index contributed by atoms with van der Waals surface area (Å²) in [7, 11) is 4.92. The van der Waals surface area contributed by atoms with Crippen LogP contribution in [0.5, 0.6) is 17.2 Å². The quantitative estimate of drug-likeness (QED) is 0.784. The van der Waals surface area contributed by atoms with E-state index in [0.717, 1.165) is 12.1 Å². The zero-order valence-corrected chi connectivity index (χ0v) is 15.6. The molecule has 0 aliphatic carbocycles. The monoisotopic (exact) mass is 341 g/mol. The lowest BCUT2D eigenvalue weighted by Gasteiger charge is -2.17. The Morgan fingerprint density at radius 3 is 1.96 bits per heavy atom. The first-order valence-corrected chi connectivity index (χ1v) is 8.78. The highest BCUT2D eigenvalue weighted by atomic mass is 16.5. The first-order chi connectivity index (χ1) is 12.1. The van der Waals surface area contributed by atoms with E-state index in [4.69, 9.17) is 14.2 Å². The fraction of sp³-hybridized carbons (Fsp3) is 0.429. The predicted molar refractivity (Wildman–Crippen MR) is 101 cm³/mol. The number of aryl methyl sites for hydroxylation is 1. The van der Waals surface area contributed by atoms with E-state index in [0.29, 0.717) is 17.2 Å². The van der Waals surface area contributed by atoms with Crippen LogP contribution in [0.15, 0.2) is 30.3 Å². The van der Waals surface area contributed by atoms with E-state index in [2.05, 4.69) is 30.0 Å². The second kappa shape index (κ2) is 7.79. The third-order valence-corrected chi connectivity index (χ3v) is 4.74. The molecule has 0 spiro atoms. The van der Waals surface area contributed by atoms with Gasteiger partial charge in [0.05, 0.1) is 21.3 Å². The van der Waals surface area contributed by atoms with E-state index in [1.54, 1.807) is 21.3 Å². The summed E-state index contributed by atoms with van der Waals surface area (Å²) in [6.07, 6.45) is 2.62. The minimum atomic E-state index is 0.624. The SMILES string of the molecule is COc1cc(-c2cc(C)cc(CN3CCCC3)c2)cc(OC)c1OC. The van der Waals surface area contributed by atoms with Crippen molar-refractivity contribution in [1.29, 1.82) is 0 Å². The van der Waals surface area contributed by atoms with Gasteiger partial charge in [0.15, 0.2) is 11.5 Å². The van der Waals surface area contributed by atoms with Gasteiger partial charge in [0, 0.05) is 6.54 Å². The first-order valence-electron chi connectivity index (χ1n) is 8.78. The second-order valence-corrected chi connectivity index (χ2v) is 6.60. The molecule has 4 nitrogen and oxygen atoms in total. The van der Waals surface area contributed by atoms with Crippen LogP contribution in [0.3, 0.4) is 0 Å². The molecule has 25 heavy (non-hydrogen) atoms. The number of hydrogen-bond donors (Lipinski definition) is 0. The van der Waals surface area contributed by atoms with Crippen molar-refractivity contribution >= 4 is 0 Å². The van der Waals surface area contributed by atoms with Crippen molar-refractivity contribution in [1.82, 2.24) is 4.90 Å². The van der Waals surface area contributed by atoms with Crippen molar-refractivity contribution in [3.8, 4) is 28.4 Å². The van der Waals surface area contributed by atoms with E-state index in [9.17, 15) is 0 Å². The highest BCUT2D eigenvalue weighted by molar-refractivity contribution is 5.72. The summed E-state index contributed by atoms with van der Waals surface area (Å²) in [4.78, 5) is 2.52. The Morgan fingerprint density at radius 1 is 0.800 bits per heavy atom. The summed E-state index contributed by atoms with van der Waals surface area (Å²) in [5.74, 6) is 1.98. The van der Waals surface area contributed by atoms with Gasteiger partial charge in [0.25, 0.3) is 0 Å². The van der Waals surface area contributed by atoms with Crippen LogP contribution < -0.4 is 14.2 Å². The Morgan fingerprint density at radius 2 is 1.40 bits per heavy atom. The fourth-order valence-corrected chi connectivity index (χ4v) is 3.57. The smallest absolute Gasteiger partial charge is 0.203 e. The molecule has 0 amide bonds. The molecule has 1 fully saturated rings. The molecule has 0 unspecified atom stereocenters. The number of likely N-dealkylation sites (tertiary alicyclic amines) is 1. The van der Waals surface area contributed by atoms with E-state index in [1.807, 2.05) is 12.1 Å². The lowest BCUT2D eigenvalue weighted by Crippen LogP contribution is -2.18. The summed E-state index contributed by atoms with van der Waals surface area (Å²) < 4.78 is 16.4. The van der Waals surface area contributed by atoms with Gasteiger partial charge in [-0.25, -0.2) is 0 Å². The van der Waals surface area contributed by atoms with Crippen LogP contribution in [0.4, 0.5) is 0 Å². The minimum absolute atomic E-state index is 0.624. The maximum atomic E-state index is 5.50. The van der Waals surface area contributed by atoms with Crippen LogP contribution in [0.2, 0.25) is 0 Å². The molecular formula is C21H27NO3. The lowest BCUT2D eigenvalue weighted by molar-refractivity contribution is 0.324. The van der Waals surface area contributed by atoms with Crippen molar-refractivity contribution in [2.45, 2.75) is 26.3 Å². The molecule has 2 aromatic carbocycles. The summed E-state index contributed by atoms with van der Waals surface area (Å²) in [5, 5.41) is 0. The molecule has 0 aromatic heterocycles. The number of ether oxygens (including phenoxy) is 3. The van der Waals surface area contributed by atoms with Crippen LogP contribution in [0.1, 0.15) is 24.0 Å². The van der Waals surface area contributed by atoms with Crippen molar-refractivity contribution in [2.75, 3.05) is 34.4 Å². The van der Waals surface area contributed by atoms with Gasteiger partial charge in [-0.1, -0.05) is 17.7 Å². The van der Waals surface area contributed by atoms with E-state index < -0.39 is 0 Å². The molecule has 1 aliphatic rings. The van der Waals surface area contributed by atoms with Gasteiger partial charge in [-0.15, -0.1) is 0 Å². The van der Waals surface area contributed by atoms with E-state index >= 15 is 0 Å². The molecule has 0 saturated carbocycles. The largest absolute Gasteiger partial charge is 0.493 e. The van der Waals surface area contributed by atoms with Gasteiger partial charge in [-0.05, 0) is 67.7 Å². The van der Waals surface area contributed by atoms with E-state index in [1.165, 1.54) is 42.6 Å². The number of rotatable bonds is 6. The molecule has 1 heterocycles. The Hall–Kier alpha value is -2.20. The van der Waals surface area contributed by atoms with Crippen LogP contribution in [-0.2, 0) is 6.54 Å². The van der Waals surface area contributed by atoms with Crippen molar-refractivity contribution < 1.29 is 14.2 Å². The minimum Gasteiger partial charge on any atom is -0.493 e. The van der Waals surface area contributed by atoms with Crippen LogP contribution in [-0.4, -0.2) is 39.3 Å². The summed E-state index contributed by atoms with van der Waals surface area (Å²) in [6.45, 7) is 5.56. The maximum Gasteiger partial charge on any atom is 0.203 e. The van der Waals surface area contributed by atoms with Crippen molar-refractivity contribution in [3.05, 3.63) is 41.5 Å². The fourth-order valence-electron chi connectivity index (χ4n) is 3.57. The number of nitrogens with zero attached hydrogens (tertiary/aromatic N) is 1. The van der Waals surface area contributed by atoms with Crippen LogP contribution in [0, 0.1) is 6.92 Å². The normalized spacial score (nSPS) is 14.6. The zero-order chi connectivity index (χ0) is 17.8. The third-order valence-electron chi connectivity index (χ3n) is 4.74. The molecule has 0 atom stereocenters. The number of hydrogen-bond acceptors (Lipinski definition) is 4. The zero-order valence-electron chi connectivity index (χ0n) is 15.6. The highest BCUT2D eigenvalue weighted by Gasteiger charge is 2.16. The topological polar surface area (TPSA) is 30.9 Å². The average molecular weight is 341 g/mol. The Labute approximate surface area is 150 Å². The van der Waals surface area contributed by atoms with Gasteiger partial charge in [-0.3, -0.25) is 4.90 Å². The van der Waals surface area contributed by atoms with Crippen LogP contribution >= 0.6 is 0 Å². The van der Waals surface area contributed by atoms with Gasteiger partial charge in [0.2, 0.25) is 5.75 Å². The molecular weight excluding hydrogens is 314 g/mol. The third kappa shape index (κ3) is 3.90. The molecule has 0 bridgehead atoms. The van der Waals surface area contributed by atoms with Gasteiger partial charge in [-0.2, -0.15) is 0 Å². The Kier molecular flexibility index (Phi) is 5.49. The maximum absolute atomic E-state index is 5.50. The highest BCUT2D eigenvalue weighted by Crippen LogP contribution is 2.41. The second-order valence-electron chi connectivity index (χ2n) is 6.60. The molecule has 134 valence electrons. The van der Waals surface area contributed by atoms with Gasteiger partial charge < -0.3 is 14.2 Å². The lowest BCUT2D eigenvalue weighted by atomic mass is 9.99. The summed E-state index contributed by atoms with van der Waals surface area (Å²) in [6, 6.07) is 10.8. The Bertz CT molecular complexity index is 711. The van der Waals surface area contributed by atoms with Crippen molar-refractivity contribution in [3.63, 3.8) is 0 Å². The van der Waals surface area contributed by atoms with Gasteiger partial charge >= 0.3 is 0 Å². The molecule has 1 aliphatic heterocycles. The molecule has 0 radical (unpaired) electrons. The Balaban J connectivity index is 1.99. The number of methoxy groups -OCH3 is 3. The summed E-state index contributed by atoms with van der Waals surface area (Å²) >= 11 is 0. The molecule has 4 heteroatoms. The molecule has 2 aromatic rings. The van der Waals surface area contributed by atoms with E-state index in [-0.39, 0.29) is 0 Å². The average Bonchev–Trinajstić information content (AvgIpc) is 3.12. The number of benzene rings is 2. The summed E-state index contributed by atoms with van der Waals surface area (Å²) in [5.41, 5.74) is 4.86. The standard InChI is InChI=1S/C21H27NO3/c1-15-9-16(14-22-7-5-6-8-22)11-17(10-15)18-12-19(23-2)21(25-4)20(13-18)24-3/h9-13H,5-8,14H2,1-4H3. The van der Waals surface area contributed by atoms with Crippen LogP contribution in [0.25, 0.3) is 11.1 Å². The first kappa shape index (κ1) is 17.6.